The highest BCUT2D eigenvalue weighted by atomic mass is 32.2. The number of carbonyl (C=O) groups excluding carboxylic acids is 1. The molecular formula is C27H24N4O3S. The van der Waals surface area contributed by atoms with Gasteiger partial charge in [0.15, 0.2) is 5.69 Å². The summed E-state index contributed by atoms with van der Waals surface area (Å²) in [5.41, 5.74) is 3.79. The largest absolute Gasteiger partial charge is 0.489 e. The van der Waals surface area contributed by atoms with Crippen molar-refractivity contribution in [2.75, 3.05) is 11.2 Å². The van der Waals surface area contributed by atoms with Crippen LogP contribution in [-0.4, -0.2) is 27.3 Å². The van der Waals surface area contributed by atoms with Crippen LogP contribution in [0.2, 0.25) is 0 Å². The molecule has 1 aliphatic rings. The van der Waals surface area contributed by atoms with Crippen LogP contribution in [0.15, 0.2) is 84.0 Å². The van der Waals surface area contributed by atoms with Crippen LogP contribution in [0.5, 0.6) is 11.6 Å². The lowest BCUT2D eigenvalue weighted by Crippen LogP contribution is -2.37. The van der Waals surface area contributed by atoms with E-state index in [0.29, 0.717) is 41.2 Å². The van der Waals surface area contributed by atoms with Gasteiger partial charge in [0, 0.05) is 17.5 Å². The third-order valence-corrected chi connectivity index (χ3v) is 6.20. The first-order valence-corrected chi connectivity index (χ1v) is 12.5. The predicted octanol–water partition coefficient (Wildman–Crippen LogP) is 5.67. The molecular weight excluding hydrogens is 460 g/mol. The Kier molecular flexibility index (Phi) is 6.63. The average molecular weight is 485 g/mol. The van der Waals surface area contributed by atoms with E-state index in [0.717, 1.165) is 16.7 Å². The zero-order valence-electron chi connectivity index (χ0n) is 19.4. The molecule has 3 aromatic carbocycles. The lowest BCUT2D eigenvalue weighted by Gasteiger charge is -2.30. The molecule has 2 heterocycles. The molecule has 0 bridgehead atoms. The third kappa shape index (κ3) is 4.70. The highest BCUT2D eigenvalue weighted by Crippen LogP contribution is 2.43. The van der Waals surface area contributed by atoms with E-state index in [2.05, 4.69) is 15.2 Å². The molecule has 7 nitrogen and oxygen atoms in total. The van der Waals surface area contributed by atoms with Crippen LogP contribution in [0, 0.1) is 0 Å². The summed E-state index contributed by atoms with van der Waals surface area (Å²) in [6.45, 7) is 2.27. The Hall–Kier alpha value is -3.91. The third-order valence-electron chi connectivity index (χ3n) is 5.66. The van der Waals surface area contributed by atoms with Gasteiger partial charge >= 0.3 is 0 Å². The number of hydrogen-bond donors (Lipinski definition) is 0. The van der Waals surface area contributed by atoms with E-state index in [-0.39, 0.29) is 5.91 Å². The number of carbonyl (C=O) groups is 1. The Morgan fingerprint density at radius 1 is 1.03 bits per heavy atom. The number of hydrogen-bond acceptors (Lipinski definition) is 7. The Morgan fingerprint density at radius 2 is 1.83 bits per heavy atom. The minimum absolute atomic E-state index is 0.0797. The summed E-state index contributed by atoms with van der Waals surface area (Å²) < 4.78 is 12.5. The van der Waals surface area contributed by atoms with Gasteiger partial charge in [-0.05, 0) is 30.0 Å². The molecule has 0 aliphatic carbocycles. The highest BCUT2D eigenvalue weighted by molar-refractivity contribution is 7.98. The van der Waals surface area contributed by atoms with E-state index >= 15 is 0 Å². The molecule has 0 unspecified atom stereocenters. The SMILES string of the molecule is CCC(=O)N1c2ccccc2-c2nnc(SC)nc2O[C@H]1c1cccc(OCc2ccccc2)c1. The van der Waals surface area contributed by atoms with Crippen molar-refractivity contribution < 1.29 is 14.3 Å². The van der Waals surface area contributed by atoms with Crippen molar-refractivity contribution in [1.82, 2.24) is 15.2 Å². The van der Waals surface area contributed by atoms with E-state index in [4.69, 9.17) is 9.47 Å². The van der Waals surface area contributed by atoms with Crippen LogP contribution in [0.4, 0.5) is 5.69 Å². The second-order valence-electron chi connectivity index (χ2n) is 7.90. The number of thioether (sulfide) groups is 1. The van der Waals surface area contributed by atoms with Crippen molar-refractivity contribution in [2.45, 2.75) is 31.3 Å². The molecule has 1 atom stereocenters. The molecule has 0 saturated heterocycles. The van der Waals surface area contributed by atoms with Gasteiger partial charge in [-0.15, -0.1) is 10.2 Å². The van der Waals surface area contributed by atoms with Gasteiger partial charge in [-0.2, -0.15) is 4.98 Å². The van der Waals surface area contributed by atoms with Gasteiger partial charge in [0.1, 0.15) is 12.4 Å². The predicted molar refractivity (Wildman–Crippen MR) is 135 cm³/mol. The van der Waals surface area contributed by atoms with Crippen LogP contribution < -0.4 is 14.4 Å². The van der Waals surface area contributed by atoms with E-state index in [1.165, 1.54) is 11.8 Å². The lowest BCUT2D eigenvalue weighted by molar-refractivity contribution is -0.120. The first kappa shape index (κ1) is 22.9. The summed E-state index contributed by atoms with van der Waals surface area (Å²) >= 11 is 1.38. The molecule has 0 radical (unpaired) electrons. The van der Waals surface area contributed by atoms with Gasteiger partial charge in [-0.1, -0.05) is 79.3 Å². The van der Waals surface area contributed by atoms with Crippen molar-refractivity contribution in [2.24, 2.45) is 0 Å². The van der Waals surface area contributed by atoms with Gasteiger partial charge in [0.2, 0.25) is 23.2 Å². The zero-order chi connectivity index (χ0) is 24.2. The molecule has 0 spiro atoms. The Morgan fingerprint density at radius 3 is 2.63 bits per heavy atom. The van der Waals surface area contributed by atoms with Crippen LogP contribution in [-0.2, 0) is 11.4 Å². The van der Waals surface area contributed by atoms with E-state index < -0.39 is 6.23 Å². The first-order valence-electron chi connectivity index (χ1n) is 11.3. The summed E-state index contributed by atoms with van der Waals surface area (Å²) in [4.78, 5) is 19.5. The maximum atomic E-state index is 13.3. The minimum Gasteiger partial charge on any atom is -0.489 e. The maximum absolute atomic E-state index is 13.3. The minimum atomic E-state index is -0.753. The van der Waals surface area contributed by atoms with Crippen molar-refractivity contribution in [3.63, 3.8) is 0 Å². The fourth-order valence-electron chi connectivity index (χ4n) is 3.96. The fraction of sp³-hybridized carbons (Fsp3) is 0.185. The number of para-hydroxylation sites is 1. The number of nitrogens with zero attached hydrogens (tertiary/aromatic N) is 4. The Balaban J connectivity index is 1.58. The second kappa shape index (κ2) is 10.1. The summed E-state index contributed by atoms with van der Waals surface area (Å²) in [5.74, 6) is 0.940. The standard InChI is InChI=1S/C27H24N4O3S/c1-3-23(32)31-22-15-8-7-14-21(22)24-25(28-27(35-2)30-29-24)34-26(31)19-12-9-13-20(16-19)33-17-18-10-5-4-6-11-18/h4-16,26H,3,17H2,1-2H3/t26-/m0/s1. The number of amides is 1. The quantitative estimate of drug-likeness (QED) is 0.326. The zero-order valence-corrected chi connectivity index (χ0v) is 20.2. The molecule has 5 rings (SSSR count). The smallest absolute Gasteiger partial charge is 0.247 e. The number of ether oxygens (including phenoxy) is 2. The van der Waals surface area contributed by atoms with Crippen LogP contribution in [0.1, 0.15) is 30.7 Å². The van der Waals surface area contributed by atoms with Crippen molar-refractivity contribution in [1.29, 1.82) is 0 Å². The van der Waals surface area contributed by atoms with Gasteiger partial charge in [-0.25, -0.2) is 0 Å². The normalized spacial score (nSPS) is 14.3. The van der Waals surface area contributed by atoms with E-state index in [1.54, 1.807) is 4.90 Å². The van der Waals surface area contributed by atoms with Gasteiger partial charge in [-0.3, -0.25) is 9.69 Å². The van der Waals surface area contributed by atoms with Crippen molar-refractivity contribution >= 4 is 23.4 Å². The van der Waals surface area contributed by atoms with Gasteiger partial charge in [0.05, 0.1) is 5.69 Å². The summed E-state index contributed by atoms with van der Waals surface area (Å²) in [7, 11) is 0. The molecule has 0 saturated carbocycles. The van der Waals surface area contributed by atoms with Crippen LogP contribution >= 0.6 is 11.8 Å². The summed E-state index contributed by atoms with van der Waals surface area (Å²) in [5, 5.41) is 9.10. The summed E-state index contributed by atoms with van der Waals surface area (Å²) in [6, 6.07) is 25.2. The molecule has 0 fully saturated rings. The molecule has 35 heavy (non-hydrogen) atoms. The number of anilines is 1. The van der Waals surface area contributed by atoms with Crippen molar-refractivity contribution in [3.8, 4) is 22.9 Å². The highest BCUT2D eigenvalue weighted by Gasteiger charge is 2.35. The Labute approximate surface area is 208 Å². The average Bonchev–Trinajstić information content (AvgIpc) is 3.06. The number of aromatic nitrogens is 3. The molecule has 0 N–H and O–H groups in total. The second-order valence-corrected chi connectivity index (χ2v) is 8.68. The lowest BCUT2D eigenvalue weighted by atomic mass is 10.1. The molecule has 4 aromatic rings. The van der Waals surface area contributed by atoms with Crippen LogP contribution in [0.25, 0.3) is 11.3 Å². The topological polar surface area (TPSA) is 77.4 Å². The molecule has 1 aromatic heterocycles. The number of benzene rings is 3. The number of fused-ring (bicyclic) bond motifs is 3. The van der Waals surface area contributed by atoms with Gasteiger partial charge < -0.3 is 9.47 Å². The monoisotopic (exact) mass is 484 g/mol. The number of rotatable bonds is 6. The molecule has 1 aliphatic heterocycles. The maximum Gasteiger partial charge on any atom is 0.247 e. The van der Waals surface area contributed by atoms with Gasteiger partial charge in [0.25, 0.3) is 0 Å². The Bertz CT molecular complexity index is 1350. The van der Waals surface area contributed by atoms with Crippen molar-refractivity contribution in [3.05, 3.63) is 90.0 Å². The summed E-state index contributed by atoms with van der Waals surface area (Å²) in [6.07, 6.45) is 1.44. The van der Waals surface area contributed by atoms with Crippen LogP contribution in [0.3, 0.4) is 0 Å². The molecule has 8 heteroatoms. The molecule has 176 valence electrons. The molecule has 1 amide bonds. The van der Waals surface area contributed by atoms with E-state index in [9.17, 15) is 4.79 Å². The first-order chi connectivity index (χ1) is 17.2. The van der Waals surface area contributed by atoms with E-state index in [1.807, 2.05) is 92.0 Å². The fourth-order valence-corrected chi connectivity index (χ4v) is 4.25.